The first kappa shape index (κ1) is 13.1. The van der Waals surface area contributed by atoms with Crippen LogP contribution in [0.3, 0.4) is 0 Å². The van der Waals surface area contributed by atoms with Crippen LogP contribution in [-0.4, -0.2) is 15.1 Å². The molecule has 5 heteroatoms. The Hall–Kier alpha value is -1.33. The minimum Gasteiger partial charge on any atom is -0.386 e. The highest BCUT2D eigenvalue weighted by molar-refractivity contribution is 9.10. The van der Waals surface area contributed by atoms with Gasteiger partial charge in [-0.2, -0.15) is 0 Å². The third-order valence-electron chi connectivity index (χ3n) is 2.55. The quantitative estimate of drug-likeness (QED) is 0.948. The third kappa shape index (κ3) is 3.11. The largest absolute Gasteiger partial charge is 0.386 e. The van der Waals surface area contributed by atoms with Crippen molar-refractivity contribution in [2.75, 3.05) is 0 Å². The summed E-state index contributed by atoms with van der Waals surface area (Å²) in [6, 6.07) is 6.36. The van der Waals surface area contributed by atoms with Gasteiger partial charge >= 0.3 is 0 Å². The fraction of sp³-hybridized carbons (Fsp3) is 0.231. The molecule has 2 aromatic rings. The van der Waals surface area contributed by atoms with Gasteiger partial charge in [0, 0.05) is 12.6 Å². The maximum absolute atomic E-state index is 13.1. The van der Waals surface area contributed by atoms with Gasteiger partial charge in [0.1, 0.15) is 17.7 Å². The monoisotopic (exact) mass is 310 g/mol. The Morgan fingerprint density at radius 2 is 2.17 bits per heavy atom. The summed E-state index contributed by atoms with van der Waals surface area (Å²) in [5, 5.41) is 10.1. The highest BCUT2D eigenvalue weighted by Gasteiger charge is 2.11. The molecule has 0 fully saturated rings. The second-order valence-electron chi connectivity index (χ2n) is 4.00. The smallest absolute Gasteiger partial charge is 0.137 e. The van der Waals surface area contributed by atoms with Crippen molar-refractivity contribution < 1.29 is 9.50 Å². The summed E-state index contributed by atoms with van der Waals surface area (Å²) in [4.78, 5) is 8.14. The zero-order chi connectivity index (χ0) is 13.1. The number of aliphatic hydroxyl groups excluding tert-OH is 1. The number of halogens is 2. The molecule has 2 rings (SSSR count). The van der Waals surface area contributed by atoms with E-state index in [1.165, 1.54) is 6.07 Å². The highest BCUT2D eigenvalue weighted by atomic mass is 79.9. The van der Waals surface area contributed by atoms with E-state index in [9.17, 15) is 9.50 Å². The lowest BCUT2D eigenvalue weighted by molar-refractivity contribution is 0.173. The van der Waals surface area contributed by atoms with E-state index in [2.05, 4.69) is 25.9 Å². The van der Waals surface area contributed by atoms with Crippen LogP contribution in [0.15, 0.2) is 34.9 Å². The average molecular weight is 311 g/mol. The van der Waals surface area contributed by atoms with Crippen LogP contribution in [-0.2, 0) is 6.42 Å². The average Bonchev–Trinajstić information content (AvgIpc) is 2.34. The Morgan fingerprint density at radius 1 is 1.39 bits per heavy atom. The Kier molecular flexibility index (Phi) is 4.04. The molecule has 0 aliphatic carbocycles. The van der Waals surface area contributed by atoms with Gasteiger partial charge in [0.2, 0.25) is 0 Å². The van der Waals surface area contributed by atoms with Crippen LogP contribution in [0.1, 0.15) is 23.2 Å². The summed E-state index contributed by atoms with van der Waals surface area (Å²) < 4.78 is 13.5. The standard InChI is InChI=1S/C13H12BrFN2O/c1-8-16-5-4-12(17-8)13(18)7-9-2-3-11(15)10(14)6-9/h2-6,13,18H,7H2,1H3. The topological polar surface area (TPSA) is 46.0 Å². The number of nitrogens with zero attached hydrogens (tertiary/aromatic N) is 2. The molecule has 0 aliphatic heterocycles. The van der Waals surface area contributed by atoms with Crippen molar-refractivity contribution in [3.63, 3.8) is 0 Å². The SMILES string of the molecule is Cc1nccc(C(O)Cc2ccc(F)c(Br)c2)n1. The first-order chi connectivity index (χ1) is 8.56. The van der Waals surface area contributed by atoms with Crippen molar-refractivity contribution in [3.05, 3.63) is 57.8 Å². The van der Waals surface area contributed by atoms with E-state index in [0.29, 0.717) is 22.4 Å². The number of hydrogen-bond acceptors (Lipinski definition) is 3. The molecule has 0 saturated carbocycles. The van der Waals surface area contributed by atoms with Crippen LogP contribution in [0.25, 0.3) is 0 Å². The van der Waals surface area contributed by atoms with Crippen LogP contribution in [0, 0.1) is 12.7 Å². The lowest BCUT2D eigenvalue weighted by Gasteiger charge is -2.10. The van der Waals surface area contributed by atoms with Gasteiger partial charge in [0.15, 0.2) is 0 Å². The van der Waals surface area contributed by atoms with Gasteiger partial charge in [-0.05, 0) is 46.6 Å². The Bertz CT molecular complexity index is 562. The van der Waals surface area contributed by atoms with E-state index in [1.807, 2.05) is 0 Å². The molecule has 0 saturated heterocycles. The minimum atomic E-state index is -0.718. The van der Waals surface area contributed by atoms with E-state index < -0.39 is 6.10 Å². The van der Waals surface area contributed by atoms with Gasteiger partial charge < -0.3 is 5.11 Å². The number of aromatic nitrogens is 2. The molecule has 94 valence electrons. The van der Waals surface area contributed by atoms with Crippen molar-refractivity contribution in [2.45, 2.75) is 19.4 Å². The fourth-order valence-corrected chi connectivity index (χ4v) is 2.08. The van der Waals surface area contributed by atoms with Crippen LogP contribution in [0.5, 0.6) is 0 Å². The Morgan fingerprint density at radius 3 is 2.83 bits per heavy atom. The molecule has 3 nitrogen and oxygen atoms in total. The number of aliphatic hydroxyl groups is 1. The molecule has 0 radical (unpaired) electrons. The summed E-state index contributed by atoms with van der Waals surface area (Å²) >= 11 is 3.12. The van der Waals surface area contributed by atoms with E-state index in [1.54, 1.807) is 31.3 Å². The molecular formula is C13H12BrFN2O. The second-order valence-corrected chi connectivity index (χ2v) is 4.85. The van der Waals surface area contributed by atoms with Crippen molar-refractivity contribution in [2.24, 2.45) is 0 Å². The molecule has 0 amide bonds. The molecule has 0 spiro atoms. The lowest BCUT2D eigenvalue weighted by Crippen LogP contribution is -2.05. The van der Waals surface area contributed by atoms with Gasteiger partial charge in [0.25, 0.3) is 0 Å². The summed E-state index contributed by atoms with van der Waals surface area (Å²) in [7, 11) is 0. The Labute approximate surface area is 113 Å². The van der Waals surface area contributed by atoms with Gasteiger partial charge in [-0.3, -0.25) is 0 Å². The minimum absolute atomic E-state index is 0.314. The predicted octanol–water partition coefficient (Wildman–Crippen LogP) is 2.96. The maximum Gasteiger partial charge on any atom is 0.137 e. The van der Waals surface area contributed by atoms with Crippen molar-refractivity contribution in [3.8, 4) is 0 Å². The molecule has 1 N–H and O–H groups in total. The first-order valence-corrected chi connectivity index (χ1v) is 6.27. The lowest BCUT2D eigenvalue weighted by atomic mass is 10.1. The molecule has 1 aromatic carbocycles. The third-order valence-corrected chi connectivity index (χ3v) is 3.16. The molecule has 0 aliphatic rings. The maximum atomic E-state index is 13.1. The van der Waals surface area contributed by atoms with Crippen LogP contribution in [0.4, 0.5) is 4.39 Å². The predicted molar refractivity (Wildman–Crippen MR) is 69.5 cm³/mol. The number of aryl methyl sites for hydroxylation is 1. The van der Waals surface area contributed by atoms with Crippen molar-refractivity contribution >= 4 is 15.9 Å². The molecule has 1 aromatic heterocycles. The van der Waals surface area contributed by atoms with Crippen LogP contribution >= 0.6 is 15.9 Å². The Balaban J connectivity index is 2.16. The zero-order valence-corrected chi connectivity index (χ0v) is 11.4. The second kappa shape index (κ2) is 5.54. The molecular weight excluding hydrogens is 299 g/mol. The van der Waals surface area contributed by atoms with E-state index in [0.717, 1.165) is 5.56 Å². The van der Waals surface area contributed by atoms with Crippen molar-refractivity contribution in [1.82, 2.24) is 9.97 Å². The molecule has 1 unspecified atom stereocenters. The number of benzene rings is 1. The van der Waals surface area contributed by atoms with Crippen LogP contribution in [0.2, 0.25) is 0 Å². The van der Waals surface area contributed by atoms with E-state index in [4.69, 9.17) is 0 Å². The summed E-state index contributed by atoms with van der Waals surface area (Å²) in [5.74, 6) is 0.304. The highest BCUT2D eigenvalue weighted by Crippen LogP contribution is 2.21. The summed E-state index contributed by atoms with van der Waals surface area (Å²) in [5.41, 5.74) is 1.41. The van der Waals surface area contributed by atoms with Gasteiger partial charge in [-0.1, -0.05) is 6.07 Å². The molecule has 1 heterocycles. The fourth-order valence-electron chi connectivity index (χ4n) is 1.65. The number of rotatable bonds is 3. The molecule has 18 heavy (non-hydrogen) atoms. The van der Waals surface area contributed by atoms with Gasteiger partial charge in [0.05, 0.1) is 10.2 Å². The molecule has 0 bridgehead atoms. The summed E-state index contributed by atoms with van der Waals surface area (Å²) in [6.45, 7) is 1.77. The normalized spacial score (nSPS) is 12.4. The molecule has 1 atom stereocenters. The summed E-state index contributed by atoms with van der Waals surface area (Å²) in [6.07, 6.45) is 1.28. The van der Waals surface area contributed by atoms with Crippen LogP contribution < -0.4 is 0 Å². The van der Waals surface area contributed by atoms with Gasteiger partial charge in [-0.25, -0.2) is 14.4 Å². The zero-order valence-electron chi connectivity index (χ0n) is 9.77. The number of hydrogen-bond donors (Lipinski definition) is 1. The van der Waals surface area contributed by atoms with Gasteiger partial charge in [-0.15, -0.1) is 0 Å². The van der Waals surface area contributed by atoms with Crippen molar-refractivity contribution in [1.29, 1.82) is 0 Å². The first-order valence-electron chi connectivity index (χ1n) is 5.48. The van der Waals surface area contributed by atoms with E-state index >= 15 is 0 Å². The van der Waals surface area contributed by atoms with E-state index in [-0.39, 0.29) is 5.82 Å².